The molecule has 0 fully saturated rings. The molecule has 1 aromatic carbocycles. The number of carbonyl (C=O) groups excluding carboxylic acids is 1. The van der Waals surface area contributed by atoms with Crippen LogP contribution in [0.15, 0.2) is 40.8 Å². The minimum absolute atomic E-state index is 0.106. The summed E-state index contributed by atoms with van der Waals surface area (Å²) in [7, 11) is 1.95. The summed E-state index contributed by atoms with van der Waals surface area (Å²) in [6, 6.07) is 8.67. The Bertz CT molecular complexity index is 861. The molecule has 1 amide bonds. The molecule has 0 bridgehead atoms. The number of ether oxygens (including phenoxy) is 1. The Labute approximate surface area is 180 Å². The predicted octanol–water partition coefficient (Wildman–Crippen LogP) is 2.76. The van der Waals surface area contributed by atoms with Crippen LogP contribution in [0.3, 0.4) is 0 Å². The number of amides is 1. The monoisotopic (exact) mass is 432 g/mol. The van der Waals surface area contributed by atoms with Crippen LogP contribution in [0.1, 0.15) is 42.7 Å². The predicted molar refractivity (Wildman–Crippen MR) is 113 cm³/mol. The molecular weight excluding hydrogens is 404 g/mol. The van der Waals surface area contributed by atoms with Gasteiger partial charge in [0.25, 0.3) is 5.91 Å². The Kier molecular flexibility index (Phi) is 9.57. The van der Waals surface area contributed by atoms with Crippen LogP contribution >= 0.6 is 0 Å². The van der Waals surface area contributed by atoms with E-state index >= 15 is 0 Å². The molecule has 2 rings (SSSR count). The first-order valence-corrected chi connectivity index (χ1v) is 10.1. The third-order valence-corrected chi connectivity index (χ3v) is 4.54. The summed E-state index contributed by atoms with van der Waals surface area (Å²) in [5.41, 5.74) is 0.721. The number of hydrogen-bond acceptors (Lipinski definition) is 6. The molecule has 1 atom stereocenters. The SMILES string of the molecule is CNCCCCCCOc1ccc(-c2ccc(C(=O)N[C@@H](CC(=O)O)C(=O)O)o2)cc1. The van der Waals surface area contributed by atoms with E-state index in [1.807, 2.05) is 19.2 Å². The zero-order valence-electron chi connectivity index (χ0n) is 17.4. The van der Waals surface area contributed by atoms with Crippen molar-refractivity contribution in [2.45, 2.75) is 38.1 Å². The normalized spacial score (nSPS) is 11.6. The highest BCUT2D eigenvalue weighted by molar-refractivity contribution is 5.95. The van der Waals surface area contributed by atoms with Crippen LogP contribution in [0.4, 0.5) is 0 Å². The van der Waals surface area contributed by atoms with Gasteiger partial charge in [0.15, 0.2) is 5.76 Å². The summed E-state index contributed by atoms with van der Waals surface area (Å²) >= 11 is 0. The first-order chi connectivity index (χ1) is 14.9. The molecule has 0 radical (unpaired) electrons. The average Bonchev–Trinajstić information content (AvgIpc) is 3.23. The largest absolute Gasteiger partial charge is 0.494 e. The molecule has 9 heteroatoms. The Balaban J connectivity index is 1.87. The fraction of sp³-hybridized carbons (Fsp3) is 0.409. The highest BCUT2D eigenvalue weighted by atomic mass is 16.5. The lowest BCUT2D eigenvalue weighted by Gasteiger charge is -2.10. The van der Waals surface area contributed by atoms with Gasteiger partial charge in [0, 0.05) is 5.56 Å². The molecule has 4 N–H and O–H groups in total. The number of carboxylic acids is 2. The summed E-state index contributed by atoms with van der Waals surface area (Å²) in [6.45, 7) is 1.67. The van der Waals surface area contributed by atoms with Gasteiger partial charge >= 0.3 is 11.9 Å². The van der Waals surface area contributed by atoms with E-state index in [4.69, 9.17) is 19.4 Å². The van der Waals surface area contributed by atoms with Crippen molar-refractivity contribution in [1.82, 2.24) is 10.6 Å². The van der Waals surface area contributed by atoms with Gasteiger partial charge < -0.3 is 30.0 Å². The van der Waals surface area contributed by atoms with Gasteiger partial charge in [-0.3, -0.25) is 9.59 Å². The summed E-state index contributed by atoms with van der Waals surface area (Å²) < 4.78 is 11.2. The molecule has 1 aromatic heterocycles. The number of nitrogens with one attached hydrogen (secondary N) is 2. The maximum Gasteiger partial charge on any atom is 0.326 e. The number of unbranched alkanes of at least 4 members (excludes halogenated alkanes) is 3. The van der Waals surface area contributed by atoms with Gasteiger partial charge in [-0.05, 0) is 62.8 Å². The molecule has 31 heavy (non-hydrogen) atoms. The van der Waals surface area contributed by atoms with Crippen LogP contribution in [0.5, 0.6) is 5.75 Å². The van der Waals surface area contributed by atoms with E-state index in [2.05, 4.69) is 10.6 Å². The fourth-order valence-corrected chi connectivity index (χ4v) is 2.88. The number of furan rings is 1. The number of carbonyl (C=O) groups is 3. The van der Waals surface area contributed by atoms with Gasteiger partial charge in [0.1, 0.15) is 17.6 Å². The van der Waals surface area contributed by atoms with Gasteiger partial charge in [-0.15, -0.1) is 0 Å². The van der Waals surface area contributed by atoms with Crippen LogP contribution in [0.25, 0.3) is 11.3 Å². The van der Waals surface area contributed by atoms with E-state index in [0.717, 1.165) is 37.1 Å². The maximum atomic E-state index is 12.2. The lowest BCUT2D eigenvalue weighted by Crippen LogP contribution is -2.42. The molecule has 0 unspecified atom stereocenters. The summed E-state index contributed by atoms with van der Waals surface area (Å²) in [5.74, 6) is -2.51. The molecule has 0 saturated heterocycles. The highest BCUT2D eigenvalue weighted by Crippen LogP contribution is 2.25. The molecule has 2 aromatic rings. The van der Waals surface area contributed by atoms with Gasteiger partial charge in [-0.2, -0.15) is 0 Å². The average molecular weight is 432 g/mol. The molecule has 168 valence electrons. The molecule has 0 spiro atoms. The van der Waals surface area contributed by atoms with Crippen molar-refractivity contribution >= 4 is 17.8 Å². The highest BCUT2D eigenvalue weighted by Gasteiger charge is 2.25. The topological polar surface area (TPSA) is 138 Å². The zero-order chi connectivity index (χ0) is 22.6. The maximum absolute atomic E-state index is 12.2. The van der Waals surface area contributed by atoms with Gasteiger partial charge in [0.05, 0.1) is 13.0 Å². The lowest BCUT2D eigenvalue weighted by atomic mass is 10.1. The lowest BCUT2D eigenvalue weighted by molar-refractivity contribution is -0.145. The van der Waals surface area contributed by atoms with Crippen molar-refractivity contribution in [3.05, 3.63) is 42.2 Å². The smallest absolute Gasteiger partial charge is 0.326 e. The second-order valence-corrected chi connectivity index (χ2v) is 7.02. The molecule has 1 heterocycles. The van der Waals surface area contributed by atoms with E-state index in [0.29, 0.717) is 12.4 Å². The summed E-state index contributed by atoms with van der Waals surface area (Å²) in [6.07, 6.45) is 3.70. The van der Waals surface area contributed by atoms with Crippen LogP contribution < -0.4 is 15.4 Å². The van der Waals surface area contributed by atoms with E-state index in [1.54, 1.807) is 18.2 Å². The van der Waals surface area contributed by atoms with E-state index in [9.17, 15) is 14.4 Å². The van der Waals surface area contributed by atoms with Crippen molar-refractivity contribution in [2.75, 3.05) is 20.2 Å². The van der Waals surface area contributed by atoms with Crippen molar-refractivity contribution in [1.29, 1.82) is 0 Å². The number of aliphatic carboxylic acids is 2. The van der Waals surface area contributed by atoms with E-state index in [1.165, 1.54) is 12.5 Å². The van der Waals surface area contributed by atoms with Gasteiger partial charge in [-0.25, -0.2) is 4.79 Å². The molecule has 0 aliphatic rings. The second-order valence-electron chi connectivity index (χ2n) is 7.02. The van der Waals surface area contributed by atoms with Crippen LogP contribution in [0, 0.1) is 0 Å². The van der Waals surface area contributed by atoms with Crippen molar-refractivity contribution in [2.24, 2.45) is 0 Å². The molecule has 0 aliphatic carbocycles. The van der Waals surface area contributed by atoms with Crippen LogP contribution in [-0.2, 0) is 9.59 Å². The zero-order valence-corrected chi connectivity index (χ0v) is 17.4. The third kappa shape index (κ3) is 8.13. The minimum Gasteiger partial charge on any atom is -0.494 e. The number of hydrogen-bond donors (Lipinski definition) is 4. The molecule has 0 aliphatic heterocycles. The van der Waals surface area contributed by atoms with Gasteiger partial charge in [0.2, 0.25) is 0 Å². The van der Waals surface area contributed by atoms with Crippen LogP contribution in [0.2, 0.25) is 0 Å². The van der Waals surface area contributed by atoms with Gasteiger partial charge in [-0.1, -0.05) is 12.8 Å². The number of benzene rings is 1. The Morgan fingerprint density at radius 2 is 1.71 bits per heavy atom. The van der Waals surface area contributed by atoms with Crippen molar-refractivity contribution in [3.8, 4) is 17.1 Å². The molecule has 0 saturated carbocycles. The minimum atomic E-state index is -1.54. The first-order valence-electron chi connectivity index (χ1n) is 10.1. The summed E-state index contributed by atoms with van der Waals surface area (Å²) in [5, 5.41) is 23.1. The second kappa shape index (κ2) is 12.4. The molecule has 9 nitrogen and oxygen atoms in total. The number of rotatable bonds is 14. The summed E-state index contributed by atoms with van der Waals surface area (Å²) in [4.78, 5) is 34.0. The van der Waals surface area contributed by atoms with Crippen molar-refractivity contribution in [3.63, 3.8) is 0 Å². The molecular formula is C22H28N2O7. The Hall–Kier alpha value is -3.33. The number of carboxylic acid groups (broad SMARTS) is 2. The Morgan fingerprint density at radius 1 is 1.00 bits per heavy atom. The quantitative estimate of drug-likeness (QED) is 0.334. The van der Waals surface area contributed by atoms with E-state index in [-0.39, 0.29) is 5.76 Å². The standard InChI is InChI=1S/C22H28N2O7/c1-23-12-4-2-3-5-13-30-16-8-6-15(7-9-16)18-10-11-19(31-18)21(27)24-17(22(28)29)14-20(25)26/h6-11,17,23H,2-5,12-14H2,1H3,(H,24,27)(H,25,26)(H,28,29)/t17-/m0/s1. The van der Waals surface area contributed by atoms with Crippen molar-refractivity contribution < 1.29 is 33.8 Å². The Morgan fingerprint density at radius 3 is 2.35 bits per heavy atom. The first kappa shape index (κ1) is 23.9. The fourth-order valence-electron chi connectivity index (χ4n) is 2.88. The van der Waals surface area contributed by atoms with E-state index < -0.39 is 30.3 Å². The van der Waals surface area contributed by atoms with Crippen LogP contribution in [-0.4, -0.2) is 54.3 Å². The third-order valence-electron chi connectivity index (χ3n) is 4.54.